The standard InChI is InChI=1S/C20H22N2O2/c1-20(2,12-15-13-21-18-10-5-4-9-17(15)18)22-19(23)14-7-6-8-16(11-14)24-3/h4-11,13,21H,12H2,1-3H3,(H,22,23). The summed E-state index contributed by atoms with van der Waals surface area (Å²) in [7, 11) is 1.60. The maximum Gasteiger partial charge on any atom is 0.251 e. The minimum absolute atomic E-state index is 0.0984. The molecule has 24 heavy (non-hydrogen) atoms. The first-order valence-electron chi connectivity index (χ1n) is 8.00. The molecule has 0 spiro atoms. The molecule has 0 fully saturated rings. The first-order valence-corrected chi connectivity index (χ1v) is 8.00. The minimum atomic E-state index is -0.370. The Morgan fingerprint density at radius 1 is 1.17 bits per heavy atom. The van der Waals surface area contributed by atoms with Crippen LogP contribution in [-0.4, -0.2) is 23.5 Å². The summed E-state index contributed by atoms with van der Waals surface area (Å²) in [6.45, 7) is 4.07. The summed E-state index contributed by atoms with van der Waals surface area (Å²) in [6, 6.07) is 15.4. The average Bonchev–Trinajstić information content (AvgIpc) is 2.97. The molecule has 4 heteroatoms. The highest BCUT2D eigenvalue weighted by atomic mass is 16.5. The van der Waals surface area contributed by atoms with Crippen molar-refractivity contribution in [3.63, 3.8) is 0 Å². The maximum absolute atomic E-state index is 12.5. The van der Waals surface area contributed by atoms with Crippen molar-refractivity contribution >= 4 is 16.8 Å². The average molecular weight is 322 g/mol. The van der Waals surface area contributed by atoms with Crippen molar-refractivity contribution in [3.05, 3.63) is 65.9 Å². The molecule has 4 nitrogen and oxygen atoms in total. The van der Waals surface area contributed by atoms with Gasteiger partial charge in [0, 0.05) is 28.2 Å². The Morgan fingerprint density at radius 3 is 2.75 bits per heavy atom. The fourth-order valence-electron chi connectivity index (χ4n) is 2.94. The molecule has 0 bridgehead atoms. The van der Waals surface area contributed by atoms with Crippen molar-refractivity contribution in [2.45, 2.75) is 25.8 Å². The van der Waals surface area contributed by atoms with Crippen LogP contribution in [0, 0.1) is 0 Å². The number of carbonyl (C=O) groups excluding carboxylic acids is 1. The maximum atomic E-state index is 12.5. The van der Waals surface area contributed by atoms with E-state index in [0.29, 0.717) is 11.3 Å². The van der Waals surface area contributed by atoms with Gasteiger partial charge in [-0.2, -0.15) is 0 Å². The zero-order chi connectivity index (χ0) is 17.2. The topological polar surface area (TPSA) is 54.1 Å². The van der Waals surface area contributed by atoms with Crippen LogP contribution >= 0.6 is 0 Å². The van der Waals surface area contributed by atoms with Gasteiger partial charge < -0.3 is 15.0 Å². The van der Waals surface area contributed by atoms with Gasteiger partial charge in [0.2, 0.25) is 0 Å². The van der Waals surface area contributed by atoms with E-state index in [4.69, 9.17) is 4.74 Å². The monoisotopic (exact) mass is 322 g/mol. The third-order valence-corrected chi connectivity index (χ3v) is 4.09. The third-order valence-electron chi connectivity index (χ3n) is 4.09. The molecular formula is C20H22N2O2. The normalized spacial score (nSPS) is 11.5. The largest absolute Gasteiger partial charge is 0.497 e. The quantitative estimate of drug-likeness (QED) is 0.748. The number of ether oxygens (including phenoxy) is 1. The van der Waals surface area contributed by atoms with E-state index in [1.807, 2.05) is 44.3 Å². The van der Waals surface area contributed by atoms with E-state index in [-0.39, 0.29) is 11.4 Å². The van der Waals surface area contributed by atoms with E-state index in [1.165, 1.54) is 10.9 Å². The fourth-order valence-corrected chi connectivity index (χ4v) is 2.94. The van der Waals surface area contributed by atoms with Crippen LogP contribution in [0.25, 0.3) is 10.9 Å². The van der Waals surface area contributed by atoms with Gasteiger partial charge in [0.15, 0.2) is 0 Å². The Balaban J connectivity index is 1.76. The van der Waals surface area contributed by atoms with Crippen LogP contribution in [0.1, 0.15) is 29.8 Å². The van der Waals surface area contributed by atoms with Gasteiger partial charge in [0.05, 0.1) is 7.11 Å². The Labute approximate surface area is 141 Å². The summed E-state index contributed by atoms with van der Waals surface area (Å²) in [6.07, 6.45) is 2.76. The molecule has 0 saturated heterocycles. The summed E-state index contributed by atoms with van der Waals surface area (Å²) in [5.41, 5.74) is 2.54. The number of benzene rings is 2. The molecule has 0 unspecified atom stereocenters. The molecule has 3 rings (SSSR count). The Morgan fingerprint density at radius 2 is 1.96 bits per heavy atom. The molecule has 2 N–H and O–H groups in total. The summed E-state index contributed by atoms with van der Waals surface area (Å²) in [5, 5.41) is 4.31. The first kappa shape index (κ1) is 16.1. The molecule has 0 saturated carbocycles. The van der Waals surface area contributed by atoms with Crippen LogP contribution in [-0.2, 0) is 6.42 Å². The number of aromatic nitrogens is 1. The molecular weight excluding hydrogens is 300 g/mol. The van der Waals surface area contributed by atoms with E-state index in [1.54, 1.807) is 19.2 Å². The van der Waals surface area contributed by atoms with Crippen molar-refractivity contribution in [3.8, 4) is 5.75 Å². The summed E-state index contributed by atoms with van der Waals surface area (Å²) in [4.78, 5) is 15.8. The molecule has 1 aromatic heterocycles. The van der Waals surface area contributed by atoms with Crippen LogP contribution in [0.3, 0.4) is 0 Å². The lowest BCUT2D eigenvalue weighted by atomic mass is 9.94. The van der Waals surface area contributed by atoms with Crippen molar-refractivity contribution in [1.82, 2.24) is 10.3 Å². The molecule has 124 valence electrons. The van der Waals surface area contributed by atoms with Gasteiger partial charge in [0.25, 0.3) is 5.91 Å². The van der Waals surface area contributed by atoms with Gasteiger partial charge in [-0.05, 0) is 50.1 Å². The second kappa shape index (κ2) is 6.40. The number of amides is 1. The van der Waals surface area contributed by atoms with E-state index in [0.717, 1.165) is 11.9 Å². The highest BCUT2D eigenvalue weighted by molar-refractivity contribution is 5.95. The van der Waals surface area contributed by atoms with E-state index >= 15 is 0 Å². The van der Waals surface area contributed by atoms with Crippen molar-refractivity contribution in [1.29, 1.82) is 0 Å². The fraction of sp³-hybridized carbons (Fsp3) is 0.250. The zero-order valence-electron chi connectivity index (χ0n) is 14.2. The number of para-hydroxylation sites is 1. The predicted octanol–water partition coefficient (Wildman–Crippen LogP) is 3.93. The molecule has 2 aromatic carbocycles. The van der Waals surface area contributed by atoms with Gasteiger partial charge in [-0.25, -0.2) is 0 Å². The van der Waals surface area contributed by atoms with Gasteiger partial charge in [-0.1, -0.05) is 24.3 Å². The highest BCUT2D eigenvalue weighted by Crippen LogP contribution is 2.23. The van der Waals surface area contributed by atoms with Crippen LogP contribution in [0.2, 0.25) is 0 Å². The van der Waals surface area contributed by atoms with Crippen molar-refractivity contribution < 1.29 is 9.53 Å². The van der Waals surface area contributed by atoms with Crippen molar-refractivity contribution in [2.24, 2.45) is 0 Å². The number of H-pyrrole nitrogens is 1. The second-order valence-corrected chi connectivity index (χ2v) is 6.61. The number of hydrogen-bond acceptors (Lipinski definition) is 2. The number of fused-ring (bicyclic) bond motifs is 1. The smallest absolute Gasteiger partial charge is 0.251 e. The van der Waals surface area contributed by atoms with Gasteiger partial charge >= 0.3 is 0 Å². The number of methoxy groups -OCH3 is 1. The van der Waals surface area contributed by atoms with E-state index in [9.17, 15) is 4.79 Å². The second-order valence-electron chi connectivity index (χ2n) is 6.61. The molecule has 1 amide bonds. The number of rotatable bonds is 5. The first-order chi connectivity index (χ1) is 11.5. The summed E-state index contributed by atoms with van der Waals surface area (Å²) < 4.78 is 5.18. The highest BCUT2D eigenvalue weighted by Gasteiger charge is 2.23. The van der Waals surface area contributed by atoms with Gasteiger partial charge in [-0.15, -0.1) is 0 Å². The van der Waals surface area contributed by atoms with Gasteiger partial charge in [-0.3, -0.25) is 4.79 Å². The van der Waals surface area contributed by atoms with Crippen LogP contribution in [0.4, 0.5) is 0 Å². The molecule has 1 heterocycles. The van der Waals surface area contributed by atoms with E-state index < -0.39 is 0 Å². The third kappa shape index (κ3) is 3.43. The number of hydrogen-bond donors (Lipinski definition) is 2. The lowest BCUT2D eigenvalue weighted by Crippen LogP contribution is -2.45. The summed E-state index contributed by atoms with van der Waals surface area (Å²) >= 11 is 0. The molecule has 3 aromatic rings. The zero-order valence-corrected chi connectivity index (χ0v) is 14.2. The number of nitrogens with one attached hydrogen (secondary N) is 2. The molecule has 0 aliphatic heterocycles. The Bertz CT molecular complexity index is 865. The predicted molar refractivity (Wildman–Crippen MR) is 96.5 cm³/mol. The van der Waals surface area contributed by atoms with E-state index in [2.05, 4.69) is 22.4 Å². The Kier molecular flexibility index (Phi) is 4.30. The van der Waals surface area contributed by atoms with Crippen LogP contribution < -0.4 is 10.1 Å². The molecule has 0 aliphatic rings. The molecule has 0 atom stereocenters. The Hall–Kier alpha value is -2.75. The number of aromatic amines is 1. The lowest BCUT2D eigenvalue weighted by Gasteiger charge is -2.26. The summed E-state index contributed by atoms with van der Waals surface area (Å²) in [5.74, 6) is 0.579. The lowest BCUT2D eigenvalue weighted by molar-refractivity contribution is 0.0912. The number of carbonyl (C=O) groups is 1. The van der Waals surface area contributed by atoms with Crippen LogP contribution in [0.5, 0.6) is 5.75 Å². The van der Waals surface area contributed by atoms with Crippen molar-refractivity contribution in [2.75, 3.05) is 7.11 Å². The SMILES string of the molecule is COc1cccc(C(=O)NC(C)(C)Cc2c[nH]c3ccccc23)c1. The molecule has 0 aliphatic carbocycles. The molecule has 0 radical (unpaired) electrons. The van der Waals surface area contributed by atoms with Crippen LogP contribution in [0.15, 0.2) is 54.7 Å². The minimum Gasteiger partial charge on any atom is -0.497 e. The van der Waals surface area contributed by atoms with Gasteiger partial charge in [0.1, 0.15) is 5.75 Å².